The maximum atomic E-state index is 8.63. The van der Waals surface area contributed by atoms with Gasteiger partial charge in [0.05, 0.1) is 12.1 Å². The van der Waals surface area contributed by atoms with Gasteiger partial charge in [-0.2, -0.15) is 0 Å². The molecule has 0 unspecified atom stereocenters. The van der Waals surface area contributed by atoms with E-state index in [4.69, 9.17) is 21.4 Å². The molecule has 1 aromatic rings. The molecule has 0 fully saturated rings. The van der Waals surface area contributed by atoms with Crippen molar-refractivity contribution < 1.29 is 9.84 Å². The molecule has 1 rings (SSSR count). The van der Waals surface area contributed by atoms with E-state index in [9.17, 15) is 0 Å². The number of aliphatic hydroxyl groups is 1. The van der Waals surface area contributed by atoms with Gasteiger partial charge in [0, 0.05) is 6.61 Å². The highest BCUT2D eigenvalue weighted by Gasteiger charge is 2.01. The van der Waals surface area contributed by atoms with Crippen molar-refractivity contribution in [1.29, 1.82) is 0 Å². The Morgan fingerprint density at radius 2 is 2.12 bits per heavy atom. The number of hydrogen-bond donors (Lipinski definition) is 2. The van der Waals surface area contributed by atoms with Gasteiger partial charge in [0.15, 0.2) is 0 Å². The SMILES string of the molecule is COc1ccc(CCNCCCCO)cc1Cl. The van der Waals surface area contributed by atoms with Crippen LogP contribution in [-0.2, 0) is 6.42 Å². The molecule has 96 valence electrons. The Morgan fingerprint density at radius 3 is 2.76 bits per heavy atom. The van der Waals surface area contributed by atoms with E-state index in [1.54, 1.807) is 7.11 Å². The van der Waals surface area contributed by atoms with Crippen LogP contribution in [0, 0.1) is 0 Å². The summed E-state index contributed by atoms with van der Waals surface area (Å²) in [7, 11) is 1.61. The topological polar surface area (TPSA) is 41.5 Å². The van der Waals surface area contributed by atoms with Gasteiger partial charge >= 0.3 is 0 Å². The van der Waals surface area contributed by atoms with Gasteiger partial charge in [-0.1, -0.05) is 17.7 Å². The molecule has 0 amide bonds. The van der Waals surface area contributed by atoms with E-state index < -0.39 is 0 Å². The van der Waals surface area contributed by atoms with Gasteiger partial charge in [-0.25, -0.2) is 0 Å². The summed E-state index contributed by atoms with van der Waals surface area (Å²) in [5, 5.41) is 12.6. The van der Waals surface area contributed by atoms with Crippen LogP contribution in [0.5, 0.6) is 5.75 Å². The lowest BCUT2D eigenvalue weighted by Crippen LogP contribution is -2.18. The standard InChI is InChI=1S/C13H20ClNO2/c1-17-13-5-4-11(10-12(13)14)6-8-15-7-2-3-9-16/h4-5,10,15-16H,2-3,6-9H2,1H3. The third kappa shape index (κ3) is 5.39. The van der Waals surface area contributed by atoms with E-state index in [0.717, 1.165) is 32.4 Å². The van der Waals surface area contributed by atoms with E-state index in [1.165, 1.54) is 5.56 Å². The molecule has 0 aliphatic rings. The Labute approximate surface area is 108 Å². The average Bonchev–Trinajstić information content (AvgIpc) is 2.34. The molecule has 0 aromatic heterocycles. The molecule has 4 heteroatoms. The molecule has 0 spiro atoms. The molecular formula is C13H20ClNO2. The summed E-state index contributed by atoms with van der Waals surface area (Å²) in [4.78, 5) is 0. The van der Waals surface area contributed by atoms with Crippen molar-refractivity contribution in [3.8, 4) is 5.75 Å². The lowest BCUT2D eigenvalue weighted by molar-refractivity contribution is 0.284. The van der Waals surface area contributed by atoms with Gasteiger partial charge < -0.3 is 15.2 Å². The first-order valence-corrected chi connectivity index (χ1v) is 6.29. The second kappa shape index (κ2) is 8.34. The second-order valence-electron chi connectivity index (χ2n) is 3.90. The Balaban J connectivity index is 2.25. The van der Waals surface area contributed by atoms with Crippen molar-refractivity contribution in [1.82, 2.24) is 5.32 Å². The third-order valence-corrected chi connectivity index (χ3v) is 2.86. The van der Waals surface area contributed by atoms with E-state index in [1.807, 2.05) is 18.2 Å². The molecule has 0 radical (unpaired) electrons. The number of halogens is 1. The summed E-state index contributed by atoms with van der Waals surface area (Å²) in [5.74, 6) is 0.714. The Kier molecular flexibility index (Phi) is 7.01. The zero-order chi connectivity index (χ0) is 12.5. The summed E-state index contributed by atoms with van der Waals surface area (Å²) < 4.78 is 5.10. The number of aliphatic hydroxyl groups excluding tert-OH is 1. The van der Waals surface area contributed by atoms with Crippen LogP contribution in [0.15, 0.2) is 18.2 Å². The zero-order valence-electron chi connectivity index (χ0n) is 10.2. The molecule has 2 N–H and O–H groups in total. The summed E-state index contributed by atoms with van der Waals surface area (Å²) in [6.45, 7) is 2.15. The summed E-state index contributed by atoms with van der Waals surface area (Å²) in [6.07, 6.45) is 2.82. The van der Waals surface area contributed by atoms with Crippen molar-refractivity contribution >= 4 is 11.6 Å². The molecule has 1 aromatic carbocycles. The van der Waals surface area contributed by atoms with E-state index in [-0.39, 0.29) is 6.61 Å². The highest BCUT2D eigenvalue weighted by molar-refractivity contribution is 6.32. The van der Waals surface area contributed by atoms with Gasteiger partial charge in [-0.3, -0.25) is 0 Å². The summed E-state index contributed by atoms with van der Waals surface area (Å²) >= 11 is 6.04. The quantitative estimate of drug-likeness (QED) is 0.702. The highest BCUT2D eigenvalue weighted by atomic mass is 35.5. The molecule has 0 aliphatic heterocycles. The molecule has 0 saturated heterocycles. The van der Waals surface area contributed by atoms with Gasteiger partial charge in [0.2, 0.25) is 0 Å². The molecule has 0 atom stereocenters. The van der Waals surface area contributed by atoms with Crippen molar-refractivity contribution in [3.63, 3.8) is 0 Å². The predicted octanol–water partition coefficient (Wildman–Crippen LogP) is 2.25. The minimum atomic E-state index is 0.274. The molecule has 0 bridgehead atoms. The first-order chi connectivity index (χ1) is 8.27. The van der Waals surface area contributed by atoms with Crippen molar-refractivity contribution in [3.05, 3.63) is 28.8 Å². The number of unbranched alkanes of at least 4 members (excludes halogenated alkanes) is 1. The van der Waals surface area contributed by atoms with Crippen LogP contribution in [0.1, 0.15) is 18.4 Å². The van der Waals surface area contributed by atoms with E-state index in [0.29, 0.717) is 10.8 Å². The molecule has 0 aliphatic carbocycles. The summed E-state index contributed by atoms with van der Waals surface area (Å²) in [5.41, 5.74) is 1.20. The lowest BCUT2D eigenvalue weighted by Gasteiger charge is -2.07. The number of nitrogens with one attached hydrogen (secondary N) is 1. The average molecular weight is 258 g/mol. The second-order valence-corrected chi connectivity index (χ2v) is 4.31. The van der Waals surface area contributed by atoms with Crippen LogP contribution < -0.4 is 10.1 Å². The fourth-order valence-electron chi connectivity index (χ4n) is 1.58. The molecule has 0 heterocycles. The monoisotopic (exact) mass is 257 g/mol. The van der Waals surface area contributed by atoms with Crippen LogP contribution in [-0.4, -0.2) is 31.9 Å². The molecular weight excluding hydrogens is 238 g/mol. The van der Waals surface area contributed by atoms with Crippen LogP contribution in [0.3, 0.4) is 0 Å². The van der Waals surface area contributed by atoms with Crippen LogP contribution in [0.2, 0.25) is 5.02 Å². The van der Waals surface area contributed by atoms with Crippen LogP contribution in [0.25, 0.3) is 0 Å². The zero-order valence-corrected chi connectivity index (χ0v) is 11.0. The first-order valence-electron chi connectivity index (χ1n) is 5.92. The van der Waals surface area contributed by atoms with Crippen molar-refractivity contribution in [2.45, 2.75) is 19.3 Å². The van der Waals surface area contributed by atoms with Crippen LogP contribution in [0.4, 0.5) is 0 Å². The number of ether oxygens (including phenoxy) is 1. The number of methoxy groups -OCH3 is 1. The maximum absolute atomic E-state index is 8.63. The van der Waals surface area contributed by atoms with Gasteiger partial charge in [-0.15, -0.1) is 0 Å². The highest BCUT2D eigenvalue weighted by Crippen LogP contribution is 2.24. The van der Waals surface area contributed by atoms with E-state index in [2.05, 4.69) is 5.32 Å². The molecule has 3 nitrogen and oxygen atoms in total. The normalized spacial score (nSPS) is 10.5. The summed E-state index contributed by atoms with van der Waals surface area (Å²) in [6, 6.07) is 5.86. The largest absolute Gasteiger partial charge is 0.495 e. The Hall–Kier alpha value is -0.770. The Bertz CT molecular complexity index is 331. The molecule has 0 saturated carbocycles. The lowest BCUT2D eigenvalue weighted by atomic mass is 10.1. The minimum absolute atomic E-state index is 0.274. The number of hydrogen-bond acceptors (Lipinski definition) is 3. The van der Waals surface area contributed by atoms with Gasteiger partial charge in [0.25, 0.3) is 0 Å². The smallest absolute Gasteiger partial charge is 0.137 e. The van der Waals surface area contributed by atoms with Crippen molar-refractivity contribution in [2.24, 2.45) is 0 Å². The number of rotatable bonds is 8. The van der Waals surface area contributed by atoms with Gasteiger partial charge in [0.1, 0.15) is 5.75 Å². The van der Waals surface area contributed by atoms with Gasteiger partial charge in [-0.05, 0) is 50.0 Å². The first kappa shape index (κ1) is 14.3. The maximum Gasteiger partial charge on any atom is 0.137 e. The third-order valence-electron chi connectivity index (χ3n) is 2.57. The minimum Gasteiger partial charge on any atom is -0.495 e. The fraction of sp³-hybridized carbons (Fsp3) is 0.538. The number of benzene rings is 1. The van der Waals surface area contributed by atoms with Crippen molar-refractivity contribution in [2.75, 3.05) is 26.8 Å². The fourth-order valence-corrected chi connectivity index (χ4v) is 1.87. The molecule has 17 heavy (non-hydrogen) atoms. The predicted molar refractivity (Wildman–Crippen MR) is 70.9 cm³/mol. The van der Waals surface area contributed by atoms with E-state index >= 15 is 0 Å². The Morgan fingerprint density at radius 1 is 1.29 bits per heavy atom. The van der Waals surface area contributed by atoms with Crippen LogP contribution >= 0.6 is 11.6 Å².